The molecule has 0 atom stereocenters. The average Bonchev–Trinajstić information content (AvgIpc) is 2.97. The van der Waals surface area contributed by atoms with Crippen LogP contribution >= 0.6 is 0 Å². The van der Waals surface area contributed by atoms with E-state index in [-0.39, 0.29) is 37.7 Å². The Morgan fingerprint density at radius 2 is 0.841 bits per heavy atom. The minimum absolute atomic E-state index is 0. The van der Waals surface area contributed by atoms with Gasteiger partial charge in [-0.15, -0.1) is 0 Å². The van der Waals surface area contributed by atoms with Crippen molar-refractivity contribution >= 4 is 35.4 Å². The van der Waals surface area contributed by atoms with Crippen molar-refractivity contribution in [1.29, 1.82) is 0 Å². The van der Waals surface area contributed by atoms with Gasteiger partial charge in [0, 0.05) is 17.9 Å². The maximum absolute atomic E-state index is 4.33. The maximum atomic E-state index is 4.33. The van der Waals surface area contributed by atoms with Crippen molar-refractivity contribution in [2.24, 2.45) is 0 Å². The van der Waals surface area contributed by atoms with E-state index in [0.29, 0.717) is 0 Å². The Bertz CT molecular complexity index is 1230. The Hall–Kier alpha value is -3.07. The molecule has 0 unspecified atom stereocenters. The van der Waals surface area contributed by atoms with Gasteiger partial charge in [-0.2, -0.15) is 0 Å². The third-order valence-corrected chi connectivity index (χ3v) is 6.12. The number of benzene rings is 4. The Kier molecular flexibility index (Phi) is 21.7. The molecule has 0 aliphatic carbocycles. The predicted octanol–water partition coefficient (Wildman–Crippen LogP) is -1.80. The van der Waals surface area contributed by atoms with Gasteiger partial charge < -0.3 is 19.8 Å². The number of likely N-dealkylation sites (N-methyl/N-ethyl adjacent to an activating group) is 2. The number of nitrogens with zero attached hydrogens (tertiary/aromatic N) is 3. The molecule has 0 amide bonds. The van der Waals surface area contributed by atoms with E-state index in [0.717, 1.165) is 22.7 Å². The first-order valence-electron chi connectivity index (χ1n) is 14.4. The number of aryl methyl sites for hydroxylation is 4. The van der Waals surface area contributed by atoms with Crippen LogP contribution < -0.4 is 52.6 Å². The number of hydrogen-bond donors (Lipinski definition) is 3. The molecule has 3 N–H and O–H groups in total. The van der Waals surface area contributed by atoms with Crippen LogP contribution in [0.3, 0.4) is 0 Å². The first kappa shape index (κ1) is 40.9. The quantitative estimate of drug-likeness (QED) is 0.122. The minimum atomic E-state index is 0. The topological polar surface area (TPSA) is 63.8 Å². The van der Waals surface area contributed by atoms with Crippen LogP contribution in [0.25, 0.3) is 10.6 Å². The standard InChI is InChI=1S/2C15H15N2.C6H16N2.2Li/c2*1-12-3-7-14(8-4-12)16-11-17-15-9-5-13(2)6-10-15;1-7(2)5-6-8(3)4;;/h2*3-11H,1-2H3;5-6H2,1-4H3;;/q2*-1;;2*+1/p+3. The molecule has 4 aromatic carbocycles. The van der Waals surface area contributed by atoms with Crippen LogP contribution in [0, 0.1) is 27.7 Å². The molecule has 0 spiro atoms. The summed E-state index contributed by atoms with van der Waals surface area (Å²) in [5, 5.41) is 8.66. The normalized spacial score (nSPS) is 10.3. The number of quaternary nitrogens is 1. The SMILES string of the molecule is CN(C)CC[NH+](C)C.Cc1ccc([N-]C=[NH+]c2ccc(C)cc2)cc1.Cc1ccc([N-]C=[NH+]c2ccc(C)cc2)cc1.[Li+].[Li+]. The average molecular weight is 580 g/mol. The first-order valence-corrected chi connectivity index (χ1v) is 14.4. The molecule has 0 aromatic heterocycles. The van der Waals surface area contributed by atoms with E-state index < -0.39 is 0 Å². The Morgan fingerprint density at radius 1 is 0.545 bits per heavy atom. The summed E-state index contributed by atoms with van der Waals surface area (Å²) in [6.07, 6.45) is 3.44. The molecule has 6 nitrogen and oxygen atoms in total. The molecular formula is C36H49Li2N6+3. The van der Waals surface area contributed by atoms with Gasteiger partial charge in [0.25, 0.3) is 0 Å². The second-order valence-corrected chi connectivity index (χ2v) is 11.0. The Morgan fingerprint density at radius 3 is 1.09 bits per heavy atom. The van der Waals surface area contributed by atoms with Crippen LogP contribution in [0.15, 0.2) is 97.1 Å². The van der Waals surface area contributed by atoms with Crippen molar-refractivity contribution in [2.45, 2.75) is 27.7 Å². The number of nitrogens with one attached hydrogen (secondary N) is 3. The molecule has 0 saturated carbocycles. The summed E-state index contributed by atoms with van der Waals surface area (Å²) in [7, 11) is 8.54. The predicted molar refractivity (Wildman–Crippen MR) is 180 cm³/mol. The molecule has 222 valence electrons. The van der Waals surface area contributed by atoms with Gasteiger partial charge in [-0.05, 0) is 90.3 Å². The fourth-order valence-corrected chi connectivity index (χ4v) is 3.37. The molecule has 0 radical (unpaired) electrons. The van der Waals surface area contributed by atoms with Crippen molar-refractivity contribution in [2.75, 3.05) is 41.3 Å². The summed E-state index contributed by atoms with van der Waals surface area (Å²) >= 11 is 0. The van der Waals surface area contributed by atoms with Gasteiger partial charge in [0.2, 0.25) is 0 Å². The van der Waals surface area contributed by atoms with E-state index in [9.17, 15) is 0 Å². The van der Waals surface area contributed by atoms with Gasteiger partial charge in [-0.1, -0.05) is 70.8 Å². The minimum Gasteiger partial charge on any atom is -0.346 e. The van der Waals surface area contributed by atoms with Gasteiger partial charge >= 0.3 is 37.7 Å². The second-order valence-electron chi connectivity index (χ2n) is 11.0. The molecule has 0 heterocycles. The zero-order valence-corrected chi connectivity index (χ0v) is 28.6. The first-order chi connectivity index (χ1) is 20.1. The van der Waals surface area contributed by atoms with Crippen LogP contribution in [-0.4, -0.2) is 58.9 Å². The molecule has 8 heteroatoms. The molecule has 4 rings (SSSR count). The fourth-order valence-electron chi connectivity index (χ4n) is 3.37. The van der Waals surface area contributed by atoms with Crippen molar-refractivity contribution in [3.8, 4) is 0 Å². The molecule has 4 aromatic rings. The number of rotatable bonds is 9. The molecule has 0 bridgehead atoms. The number of hydrogen-bond acceptors (Lipinski definition) is 1. The smallest absolute Gasteiger partial charge is 0.346 e. The van der Waals surface area contributed by atoms with Gasteiger partial charge in [0.05, 0.1) is 44.7 Å². The van der Waals surface area contributed by atoms with E-state index in [1.165, 1.54) is 40.2 Å². The Balaban J connectivity index is 0.000000657. The molecule has 0 saturated heterocycles. The van der Waals surface area contributed by atoms with E-state index in [2.05, 4.69) is 130 Å². The third kappa shape index (κ3) is 19.3. The summed E-state index contributed by atoms with van der Waals surface area (Å²) in [6, 6.07) is 32.7. The summed E-state index contributed by atoms with van der Waals surface area (Å²) in [4.78, 5) is 10.0. The zero-order valence-electron chi connectivity index (χ0n) is 28.6. The summed E-state index contributed by atoms with van der Waals surface area (Å²) < 4.78 is 0. The van der Waals surface area contributed by atoms with E-state index in [1.807, 2.05) is 48.5 Å². The van der Waals surface area contributed by atoms with Gasteiger partial charge in [-0.3, -0.25) is 0 Å². The van der Waals surface area contributed by atoms with Crippen LogP contribution in [0.2, 0.25) is 0 Å². The van der Waals surface area contributed by atoms with E-state index in [1.54, 1.807) is 12.7 Å². The monoisotopic (exact) mass is 579 g/mol. The third-order valence-electron chi connectivity index (χ3n) is 6.12. The van der Waals surface area contributed by atoms with Crippen LogP contribution in [0.4, 0.5) is 22.7 Å². The molecule has 0 aliphatic heterocycles. The van der Waals surface area contributed by atoms with Crippen LogP contribution in [-0.2, 0) is 0 Å². The zero-order chi connectivity index (χ0) is 30.7. The van der Waals surface area contributed by atoms with Gasteiger partial charge in [0.1, 0.15) is 0 Å². The molecule has 44 heavy (non-hydrogen) atoms. The molecule has 0 aliphatic rings. The van der Waals surface area contributed by atoms with Crippen LogP contribution in [0.5, 0.6) is 0 Å². The largest absolute Gasteiger partial charge is 1.00 e. The summed E-state index contributed by atoms with van der Waals surface area (Å²) in [6.45, 7) is 10.7. The van der Waals surface area contributed by atoms with Crippen molar-refractivity contribution in [1.82, 2.24) is 4.90 Å². The Labute approximate surface area is 290 Å². The molecular weight excluding hydrogens is 530 g/mol. The van der Waals surface area contributed by atoms with E-state index >= 15 is 0 Å². The summed E-state index contributed by atoms with van der Waals surface area (Å²) in [5.74, 6) is 0. The second kappa shape index (κ2) is 23.3. The van der Waals surface area contributed by atoms with Crippen molar-refractivity contribution < 1.29 is 52.6 Å². The van der Waals surface area contributed by atoms with Gasteiger partial charge in [0.15, 0.2) is 0 Å². The van der Waals surface area contributed by atoms with Crippen molar-refractivity contribution in [3.05, 3.63) is 130 Å². The van der Waals surface area contributed by atoms with Crippen molar-refractivity contribution in [3.63, 3.8) is 0 Å². The van der Waals surface area contributed by atoms with Crippen LogP contribution in [0.1, 0.15) is 22.3 Å². The maximum Gasteiger partial charge on any atom is 1.00 e. The summed E-state index contributed by atoms with van der Waals surface area (Å²) in [5.41, 5.74) is 9.01. The van der Waals surface area contributed by atoms with E-state index in [4.69, 9.17) is 0 Å². The van der Waals surface area contributed by atoms with Gasteiger partial charge in [-0.25, -0.2) is 10.6 Å². The fraction of sp³-hybridized carbons (Fsp3) is 0.278. The molecule has 0 fully saturated rings.